The van der Waals surface area contributed by atoms with Crippen molar-refractivity contribution >= 4 is 10.9 Å². The van der Waals surface area contributed by atoms with Crippen LogP contribution in [0.1, 0.15) is 43.2 Å². The van der Waals surface area contributed by atoms with Crippen LogP contribution in [-0.2, 0) is 12.1 Å². The quantitative estimate of drug-likeness (QED) is 0.715. The molecule has 2 bridgehead atoms. The van der Waals surface area contributed by atoms with Gasteiger partial charge < -0.3 is 5.11 Å². The highest BCUT2D eigenvalue weighted by Gasteiger charge is 2.47. The Bertz CT molecular complexity index is 976. The van der Waals surface area contributed by atoms with E-state index < -0.39 is 5.60 Å². The Labute approximate surface area is 164 Å². The lowest BCUT2D eigenvalue weighted by molar-refractivity contribution is -0.101. The lowest BCUT2D eigenvalue weighted by atomic mass is 9.72. The molecule has 144 valence electrons. The second-order valence-electron chi connectivity index (χ2n) is 8.36. The van der Waals surface area contributed by atoms with Crippen LogP contribution in [0.5, 0.6) is 0 Å². The summed E-state index contributed by atoms with van der Waals surface area (Å²) in [6.07, 6.45) is 6.13. The molecule has 1 N–H and O–H groups in total. The molecule has 2 aliphatic rings. The Morgan fingerprint density at radius 2 is 1.79 bits per heavy atom. The SMILES string of the molecule is OC1(c2cc3cccnc3cc2F)CC2CCCC(C1)N2Cc1ccccc1. The van der Waals surface area contributed by atoms with Crippen LogP contribution in [0.2, 0.25) is 0 Å². The first-order chi connectivity index (χ1) is 13.6. The number of hydrogen-bond acceptors (Lipinski definition) is 3. The minimum atomic E-state index is -1.11. The number of hydrogen-bond donors (Lipinski definition) is 1. The number of piperidine rings is 2. The predicted octanol–water partition coefficient (Wildman–Crippen LogP) is 4.78. The average Bonchev–Trinajstić information content (AvgIpc) is 2.69. The Kier molecular flexibility index (Phi) is 4.41. The van der Waals surface area contributed by atoms with Gasteiger partial charge in [-0.15, -0.1) is 0 Å². The topological polar surface area (TPSA) is 36.4 Å². The maximum absolute atomic E-state index is 15.0. The van der Waals surface area contributed by atoms with E-state index in [9.17, 15) is 9.50 Å². The van der Waals surface area contributed by atoms with Gasteiger partial charge in [-0.25, -0.2) is 4.39 Å². The highest BCUT2D eigenvalue weighted by molar-refractivity contribution is 5.79. The molecule has 2 atom stereocenters. The molecule has 0 saturated carbocycles. The first-order valence-electron chi connectivity index (χ1n) is 10.2. The Balaban J connectivity index is 1.47. The van der Waals surface area contributed by atoms with E-state index in [2.05, 4.69) is 34.1 Å². The van der Waals surface area contributed by atoms with Gasteiger partial charge >= 0.3 is 0 Å². The summed E-state index contributed by atoms with van der Waals surface area (Å²) in [5.41, 5.74) is 1.25. The van der Waals surface area contributed by atoms with Crippen LogP contribution < -0.4 is 0 Å². The molecule has 0 aliphatic carbocycles. The van der Waals surface area contributed by atoms with Gasteiger partial charge in [0.25, 0.3) is 0 Å². The molecule has 4 heteroatoms. The zero-order valence-electron chi connectivity index (χ0n) is 15.9. The molecule has 2 aromatic carbocycles. The van der Waals surface area contributed by atoms with E-state index in [1.165, 1.54) is 18.1 Å². The third kappa shape index (κ3) is 3.11. The monoisotopic (exact) mass is 376 g/mol. The molecular weight excluding hydrogens is 351 g/mol. The van der Waals surface area contributed by atoms with Crippen LogP contribution in [0.15, 0.2) is 60.8 Å². The van der Waals surface area contributed by atoms with E-state index in [1.807, 2.05) is 18.2 Å². The fourth-order valence-corrected chi connectivity index (χ4v) is 5.24. The summed E-state index contributed by atoms with van der Waals surface area (Å²) in [6, 6.07) is 18.1. The molecule has 28 heavy (non-hydrogen) atoms. The summed E-state index contributed by atoms with van der Waals surface area (Å²) in [6.45, 7) is 0.899. The third-order valence-corrected chi connectivity index (χ3v) is 6.56. The van der Waals surface area contributed by atoms with Crippen LogP contribution in [-0.4, -0.2) is 27.1 Å². The normalized spacial score (nSPS) is 27.8. The molecule has 2 aliphatic heterocycles. The third-order valence-electron chi connectivity index (χ3n) is 6.56. The van der Waals surface area contributed by atoms with E-state index in [0.717, 1.165) is 24.8 Å². The number of aliphatic hydroxyl groups is 1. The maximum atomic E-state index is 15.0. The Morgan fingerprint density at radius 1 is 1.04 bits per heavy atom. The second kappa shape index (κ2) is 6.94. The smallest absolute Gasteiger partial charge is 0.131 e. The van der Waals surface area contributed by atoms with Crippen molar-refractivity contribution in [3.05, 3.63) is 77.7 Å². The van der Waals surface area contributed by atoms with Gasteiger partial charge in [-0.05, 0) is 43.4 Å². The van der Waals surface area contributed by atoms with Crippen molar-refractivity contribution in [1.29, 1.82) is 0 Å². The molecule has 0 radical (unpaired) electrons. The Hall–Kier alpha value is -2.30. The number of fused-ring (bicyclic) bond motifs is 3. The van der Waals surface area contributed by atoms with Gasteiger partial charge in [0.15, 0.2) is 0 Å². The molecule has 0 amide bonds. The van der Waals surface area contributed by atoms with Crippen LogP contribution >= 0.6 is 0 Å². The molecule has 5 rings (SSSR count). The zero-order valence-corrected chi connectivity index (χ0v) is 15.9. The zero-order chi connectivity index (χ0) is 19.1. The summed E-state index contributed by atoms with van der Waals surface area (Å²) >= 11 is 0. The second-order valence-corrected chi connectivity index (χ2v) is 8.36. The number of pyridine rings is 1. The lowest BCUT2D eigenvalue weighted by Crippen LogP contribution is -2.56. The summed E-state index contributed by atoms with van der Waals surface area (Å²) in [5, 5.41) is 12.5. The summed E-state index contributed by atoms with van der Waals surface area (Å²) in [4.78, 5) is 6.77. The standard InChI is InChI=1S/C24H25FN2O/c25-22-13-23-18(8-5-11-26-23)12-21(22)24(28)14-19-9-4-10-20(15-24)27(19)16-17-6-2-1-3-7-17/h1-3,5-8,11-13,19-20,28H,4,9-10,14-16H2. The minimum Gasteiger partial charge on any atom is -0.385 e. The van der Waals surface area contributed by atoms with Crippen molar-refractivity contribution in [2.45, 2.75) is 56.3 Å². The van der Waals surface area contributed by atoms with Gasteiger partial charge in [-0.1, -0.05) is 42.8 Å². The van der Waals surface area contributed by atoms with E-state index >= 15 is 0 Å². The maximum Gasteiger partial charge on any atom is 0.131 e. The van der Waals surface area contributed by atoms with E-state index in [1.54, 1.807) is 12.3 Å². The molecular formula is C24H25FN2O. The molecule has 1 aromatic heterocycles. The van der Waals surface area contributed by atoms with Gasteiger partial charge in [-0.3, -0.25) is 9.88 Å². The van der Waals surface area contributed by atoms with Gasteiger partial charge in [-0.2, -0.15) is 0 Å². The number of halogens is 1. The van der Waals surface area contributed by atoms with Crippen molar-refractivity contribution in [3.8, 4) is 0 Å². The molecule has 3 nitrogen and oxygen atoms in total. The molecule has 3 aromatic rings. The fraction of sp³-hybridized carbons (Fsp3) is 0.375. The first-order valence-corrected chi connectivity index (χ1v) is 10.2. The molecule has 2 unspecified atom stereocenters. The summed E-state index contributed by atoms with van der Waals surface area (Å²) in [7, 11) is 0. The van der Waals surface area contributed by atoms with Crippen molar-refractivity contribution < 1.29 is 9.50 Å². The Morgan fingerprint density at radius 3 is 2.54 bits per heavy atom. The van der Waals surface area contributed by atoms with E-state index in [0.29, 0.717) is 23.9 Å². The highest BCUT2D eigenvalue weighted by Crippen LogP contribution is 2.46. The van der Waals surface area contributed by atoms with Crippen molar-refractivity contribution in [3.63, 3.8) is 0 Å². The fourth-order valence-electron chi connectivity index (χ4n) is 5.24. The van der Waals surface area contributed by atoms with Crippen molar-refractivity contribution in [2.24, 2.45) is 0 Å². The van der Waals surface area contributed by atoms with E-state index in [4.69, 9.17) is 0 Å². The number of nitrogens with zero attached hydrogens (tertiary/aromatic N) is 2. The van der Waals surface area contributed by atoms with Crippen LogP contribution in [0.25, 0.3) is 10.9 Å². The number of benzene rings is 2. The summed E-state index contributed by atoms with van der Waals surface area (Å²) in [5.74, 6) is -0.344. The van der Waals surface area contributed by atoms with Crippen LogP contribution in [0, 0.1) is 5.82 Å². The highest BCUT2D eigenvalue weighted by atomic mass is 19.1. The summed E-state index contributed by atoms with van der Waals surface area (Å²) < 4.78 is 15.0. The van der Waals surface area contributed by atoms with Crippen molar-refractivity contribution in [2.75, 3.05) is 0 Å². The van der Waals surface area contributed by atoms with Crippen LogP contribution in [0.3, 0.4) is 0 Å². The van der Waals surface area contributed by atoms with E-state index in [-0.39, 0.29) is 17.9 Å². The van der Waals surface area contributed by atoms with Gasteiger partial charge in [0.05, 0.1) is 11.1 Å². The molecule has 2 fully saturated rings. The minimum absolute atomic E-state index is 0.279. The molecule has 0 spiro atoms. The average molecular weight is 376 g/mol. The predicted molar refractivity (Wildman–Crippen MR) is 108 cm³/mol. The number of rotatable bonds is 3. The largest absolute Gasteiger partial charge is 0.385 e. The van der Waals surface area contributed by atoms with Gasteiger partial charge in [0, 0.05) is 41.8 Å². The lowest BCUT2D eigenvalue weighted by Gasteiger charge is -2.52. The van der Waals surface area contributed by atoms with Gasteiger partial charge in [0.2, 0.25) is 0 Å². The first kappa shape index (κ1) is 17.8. The molecule has 3 heterocycles. The number of aromatic nitrogens is 1. The van der Waals surface area contributed by atoms with Crippen LogP contribution in [0.4, 0.5) is 4.39 Å². The van der Waals surface area contributed by atoms with Gasteiger partial charge in [0.1, 0.15) is 5.82 Å². The molecule has 2 saturated heterocycles. The van der Waals surface area contributed by atoms with Crippen molar-refractivity contribution in [1.82, 2.24) is 9.88 Å².